The molecule has 2 heteroatoms. The first-order valence-electron chi connectivity index (χ1n) is 6.19. The minimum absolute atomic E-state index is 0.578. The second-order valence-corrected chi connectivity index (χ2v) is 4.81. The Hall–Kier alpha value is -0.0800. The highest BCUT2D eigenvalue weighted by atomic mass is 16.5. The van der Waals surface area contributed by atoms with Crippen molar-refractivity contribution in [1.29, 1.82) is 0 Å². The maximum atomic E-state index is 5.72. The molecule has 0 aromatic rings. The number of ether oxygens (including phenoxy) is 1. The lowest BCUT2D eigenvalue weighted by atomic mass is 9.81. The van der Waals surface area contributed by atoms with Gasteiger partial charge in [0.05, 0.1) is 6.10 Å². The molecule has 0 radical (unpaired) electrons. The van der Waals surface area contributed by atoms with E-state index in [0.29, 0.717) is 6.10 Å². The number of rotatable bonds is 3. The number of hydrogen-bond donors (Lipinski definition) is 1. The zero-order chi connectivity index (χ0) is 9.80. The van der Waals surface area contributed by atoms with Crippen LogP contribution in [0.25, 0.3) is 0 Å². The molecule has 0 bridgehead atoms. The zero-order valence-electron chi connectivity index (χ0n) is 9.30. The SMILES string of the molecule is CNC1CCCCC1CC1CCCO1. The summed E-state index contributed by atoms with van der Waals surface area (Å²) < 4.78 is 5.72. The average molecular weight is 197 g/mol. The van der Waals surface area contributed by atoms with Crippen molar-refractivity contribution in [3.05, 3.63) is 0 Å². The Bertz CT molecular complexity index is 166. The van der Waals surface area contributed by atoms with Crippen molar-refractivity contribution < 1.29 is 4.74 Å². The summed E-state index contributed by atoms with van der Waals surface area (Å²) in [5.74, 6) is 0.872. The van der Waals surface area contributed by atoms with E-state index >= 15 is 0 Å². The predicted octanol–water partition coefficient (Wildman–Crippen LogP) is 2.33. The van der Waals surface area contributed by atoms with E-state index in [4.69, 9.17) is 4.74 Å². The van der Waals surface area contributed by atoms with Crippen LogP contribution in [0.3, 0.4) is 0 Å². The van der Waals surface area contributed by atoms with Gasteiger partial charge < -0.3 is 10.1 Å². The highest BCUT2D eigenvalue weighted by Gasteiger charge is 2.28. The van der Waals surface area contributed by atoms with Crippen LogP contribution in [0.2, 0.25) is 0 Å². The van der Waals surface area contributed by atoms with Gasteiger partial charge in [-0.1, -0.05) is 12.8 Å². The third-order valence-electron chi connectivity index (χ3n) is 3.87. The molecule has 3 unspecified atom stereocenters. The standard InChI is InChI=1S/C12H23NO/c1-13-12-7-3-2-5-10(12)9-11-6-4-8-14-11/h10-13H,2-9H2,1H3. The largest absolute Gasteiger partial charge is 0.378 e. The van der Waals surface area contributed by atoms with Crippen LogP contribution in [0.5, 0.6) is 0 Å². The lowest BCUT2D eigenvalue weighted by Gasteiger charge is -2.32. The topological polar surface area (TPSA) is 21.3 Å². The maximum Gasteiger partial charge on any atom is 0.0579 e. The molecular weight excluding hydrogens is 174 g/mol. The van der Waals surface area contributed by atoms with Gasteiger partial charge in [-0.25, -0.2) is 0 Å². The molecule has 2 aliphatic rings. The summed E-state index contributed by atoms with van der Waals surface area (Å²) in [6.07, 6.45) is 10.1. The molecule has 0 aromatic carbocycles. The van der Waals surface area contributed by atoms with Crippen LogP contribution in [0, 0.1) is 5.92 Å². The van der Waals surface area contributed by atoms with E-state index in [-0.39, 0.29) is 0 Å². The molecule has 1 aliphatic carbocycles. The van der Waals surface area contributed by atoms with Crippen LogP contribution < -0.4 is 5.32 Å². The first-order valence-corrected chi connectivity index (χ1v) is 6.19. The highest BCUT2D eigenvalue weighted by Crippen LogP contribution is 2.30. The summed E-state index contributed by atoms with van der Waals surface area (Å²) in [5, 5.41) is 3.47. The van der Waals surface area contributed by atoms with Gasteiger partial charge >= 0.3 is 0 Å². The second kappa shape index (κ2) is 5.13. The van der Waals surface area contributed by atoms with E-state index in [0.717, 1.165) is 18.6 Å². The Kier molecular flexibility index (Phi) is 3.82. The third kappa shape index (κ3) is 2.48. The van der Waals surface area contributed by atoms with Gasteiger partial charge in [0.25, 0.3) is 0 Å². The summed E-state index contributed by atoms with van der Waals surface area (Å²) in [7, 11) is 2.11. The summed E-state index contributed by atoms with van der Waals surface area (Å²) in [6, 6.07) is 0.757. The minimum Gasteiger partial charge on any atom is -0.378 e. The van der Waals surface area contributed by atoms with Gasteiger partial charge in [0.1, 0.15) is 0 Å². The highest BCUT2D eigenvalue weighted by molar-refractivity contribution is 4.82. The zero-order valence-corrected chi connectivity index (χ0v) is 9.30. The molecule has 1 N–H and O–H groups in total. The molecule has 2 nitrogen and oxygen atoms in total. The van der Waals surface area contributed by atoms with Crippen LogP contribution in [0.1, 0.15) is 44.9 Å². The molecule has 2 rings (SSSR count). The normalized spacial score (nSPS) is 38.8. The van der Waals surface area contributed by atoms with E-state index < -0.39 is 0 Å². The van der Waals surface area contributed by atoms with Gasteiger partial charge in [-0.05, 0) is 45.1 Å². The molecule has 0 aromatic heterocycles. The first kappa shape index (κ1) is 10.4. The maximum absolute atomic E-state index is 5.72. The number of hydrogen-bond acceptors (Lipinski definition) is 2. The fourth-order valence-electron chi connectivity index (χ4n) is 3.04. The van der Waals surface area contributed by atoms with E-state index in [2.05, 4.69) is 12.4 Å². The Morgan fingerprint density at radius 3 is 2.71 bits per heavy atom. The lowest BCUT2D eigenvalue weighted by Crippen LogP contribution is -2.37. The fraction of sp³-hybridized carbons (Fsp3) is 1.00. The van der Waals surface area contributed by atoms with Crippen molar-refractivity contribution in [1.82, 2.24) is 5.32 Å². The first-order chi connectivity index (χ1) is 6.90. The fourth-order valence-corrected chi connectivity index (χ4v) is 3.04. The van der Waals surface area contributed by atoms with Gasteiger partial charge in [-0.3, -0.25) is 0 Å². The Morgan fingerprint density at radius 1 is 1.14 bits per heavy atom. The summed E-state index contributed by atoms with van der Waals surface area (Å²) >= 11 is 0. The van der Waals surface area contributed by atoms with Crippen molar-refractivity contribution >= 4 is 0 Å². The minimum atomic E-state index is 0.578. The second-order valence-electron chi connectivity index (χ2n) is 4.81. The quantitative estimate of drug-likeness (QED) is 0.750. The molecule has 82 valence electrons. The molecular formula is C12H23NO. The lowest BCUT2D eigenvalue weighted by molar-refractivity contribution is 0.0758. The predicted molar refractivity (Wildman–Crippen MR) is 58.4 cm³/mol. The van der Waals surface area contributed by atoms with Crippen LogP contribution in [0.4, 0.5) is 0 Å². The van der Waals surface area contributed by atoms with E-state index in [1.807, 2.05) is 0 Å². The number of nitrogens with one attached hydrogen (secondary N) is 1. The molecule has 1 saturated carbocycles. The van der Waals surface area contributed by atoms with E-state index in [1.165, 1.54) is 44.9 Å². The van der Waals surface area contributed by atoms with Gasteiger partial charge in [-0.15, -0.1) is 0 Å². The third-order valence-corrected chi connectivity index (χ3v) is 3.87. The van der Waals surface area contributed by atoms with Crippen molar-refractivity contribution in [3.8, 4) is 0 Å². The van der Waals surface area contributed by atoms with Crippen molar-refractivity contribution in [2.24, 2.45) is 5.92 Å². The molecule has 2 fully saturated rings. The van der Waals surface area contributed by atoms with Crippen LogP contribution >= 0.6 is 0 Å². The summed E-state index contributed by atoms with van der Waals surface area (Å²) in [5.41, 5.74) is 0. The van der Waals surface area contributed by atoms with Crippen LogP contribution in [-0.2, 0) is 4.74 Å². The molecule has 3 atom stereocenters. The molecule has 0 spiro atoms. The van der Waals surface area contributed by atoms with E-state index in [9.17, 15) is 0 Å². The Labute approximate surface area is 87.4 Å². The van der Waals surface area contributed by atoms with Crippen molar-refractivity contribution in [2.45, 2.75) is 57.1 Å². The monoisotopic (exact) mass is 197 g/mol. The molecule has 0 amide bonds. The van der Waals surface area contributed by atoms with Crippen LogP contribution in [-0.4, -0.2) is 25.8 Å². The summed E-state index contributed by atoms with van der Waals surface area (Å²) in [6.45, 7) is 1.00. The Balaban J connectivity index is 1.81. The van der Waals surface area contributed by atoms with Crippen molar-refractivity contribution in [2.75, 3.05) is 13.7 Å². The van der Waals surface area contributed by atoms with Gasteiger partial charge in [-0.2, -0.15) is 0 Å². The Morgan fingerprint density at radius 2 is 2.00 bits per heavy atom. The average Bonchev–Trinajstić information content (AvgIpc) is 2.71. The molecule has 1 heterocycles. The van der Waals surface area contributed by atoms with Crippen molar-refractivity contribution in [3.63, 3.8) is 0 Å². The molecule has 14 heavy (non-hydrogen) atoms. The molecule has 1 saturated heterocycles. The van der Waals surface area contributed by atoms with Gasteiger partial charge in [0.15, 0.2) is 0 Å². The van der Waals surface area contributed by atoms with Gasteiger partial charge in [0.2, 0.25) is 0 Å². The van der Waals surface area contributed by atoms with Crippen LogP contribution in [0.15, 0.2) is 0 Å². The van der Waals surface area contributed by atoms with Gasteiger partial charge in [0, 0.05) is 12.6 Å². The smallest absolute Gasteiger partial charge is 0.0579 e. The summed E-state index contributed by atoms with van der Waals surface area (Å²) in [4.78, 5) is 0. The molecule has 1 aliphatic heterocycles. The van der Waals surface area contributed by atoms with E-state index in [1.54, 1.807) is 0 Å².